The summed E-state index contributed by atoms with van der Waals surface area (Å²) >= 11 is 7.08. The summed E-state index contributed by atoms with van der Waals surface area (Å²) in [6.07, 6.45) is 11.0. The zero-order valence-electron chi connectivity index (χ0n) is 23.6. The zero-order valence-corrected chi connectivity index (χ0v) is 26.9. The fourth-order valence-electron chi connectivity index (χ4n) is 4.92. The van der Waals surface area contributed by atoms with E-state index in [2.05, 4.69) is 95.5 Å². The number of hydrogen-bond donors (Lipinski definition) is 0. The van der Waals surface area contributed by atoms with Gasteiger partial charge >= 0.3 is 74.4 Å². The Labute approximate surface area is 245 Å². The fraction of sp³-hybridized carbons (Fsp3) is 0.343. The molecule has 0 radical (unpaired) electrons. The number of fused-ring (bicyclic) bond motifs is 3. The molecule has 0 saturated heterocycles. The quantitative estimate of drug-likeness (QED) is 0.195. The van der Waals surface area contributed by atoms with Crippen LogP contribution in [0.2, 0.25) is 5.02 Å². The summed E-state index contributed by atoms with van der Waals surface area (Å²) in [5.74, 6) is 0. The molecule has 2 aliphatic carbocycles. The Bertz CT molecular complexity index is 1230. The predicted octanol–water partition coefficient (Wildman–Crippen LogP) is 9.61. The predicted molar refractivity (Wildman–Crippen MR) is 159 cm³/mol. The summed E-state index contributed by atoms with van der Waals surface area (Å²) in [4.78, 5) is 0. The van der Waals surface area contributed by atoms with Crippen LogP contribution in [-0.2, 0) is 41.5 Å². The van der Waals surface area contributed by atoms with Crippen LogP contribution in [0.25, 0.3) is 11.1 Å². The van der Waals surface area contributed by atoms with Crippen LogP contribution in [0.1, 0.15) is 86.9 Å². The zero-order chi connectivity index (χ0) is 27.4. The molecule has 0 unspecified atom stereocenters. The average Bonchev–Trinajstić information content (AvgIpc) is 3.49. The molecule has 0 fully saturated rings. The number of allylic oxidation sites excluding steroid dienone is 4. The van der Waals surface area contributed by atoms with Crippen LogP contribution >= 0.6 is 11.6 Å². The first-order valence-corrected chi connectivity index (χ1v) is 14.8. The number of aryl methyl sites for hydroxylation is 2. The van der Waals surface area contributed by atoms with E-state index >= 15 is 0 Å². The number of halogens is 1. The molecule has 5 rings (SSSR count). The van der Waals surface area contributed by atoms with E-state index in [1.54, 1.807) is 0 Å². The smallest absolute Gasteiger partial charge is 0.109 e. The number of benzene rings is 3. The van der Waals surface area contributed by atoms with Crippen molar-refractivity contribution in [1.29, 1.82) is 0 Å². The van der Waals surface area contributed by atoms with E-state index in [9.17, 15) is 0 Å². The molecule has 0 aromatic heterocycles. The van der Waals surface area contributed by atoms with E-state index < -0.39 is 0 Å². The Morgan fingerprint density at radius 1 is 0.865 bits per heavy atom. The molecule has 0 saturated carbocycles. The van der Waals surface area contributed by atoms with Gasteiger partial charge in [0.2, 0.25) is 0 Å². The molecule has 0 spiro atoms. The summed E-state index contributed by atoms with van der Waals surface area (Å²) in [7, 11) is 0. The maximum atomic E-state index is 5.66. The molecule has 0 heterocycles. The molecule has 2 heteroatoms. The van der Waals surface area contributed by atoms with Crippen molar-refractivity contribution < 1.29 is 24.2 Å². The maximum absolute atomic E-state index is 5.66. The van der Waals surface area contributed by atoms with Crippen molar-refractivity contribution in [2.75, 3.05) is 0 Å². The minimum absolute atomic E-state index is 0.163. The van der Waals surface area contributed by atoms with Crippen LogP contribution in [0, 0.1) is 26.0 Å². The molecule has 0 N–H and O–H groups in total. The van der Waals surface area contributed by atoms with Gasteiger partial charge in [0.05, 0.1) is 0 Å². The molecule has 0 amide bonds. The average molecular weight is 586 g/mol. The van der Waals surface area contributed by atoms with Crippen LogP contribution < -0.4 is 0 Å². The summed E-state index contributed by atoms with van der Waals surface area (Å²) < 4.78 is 2.13. The Hall–Kier alpha value is -1.82. The molecular weight excluding hydrogens is 547 g/mol. The van der Waals surface area contributed by atoms with Crippen molar-refractivity contribution >= 4 is 15.3 Å². The van der Waals surface area contributed by atoms with Gasteiger partial charge in [0.1, 0.15) is 0 Å². The first kappa shape index (κ1) is 29.7. The van der Waals surface area contributed by atoms with E-state index in [4.69, 9.17) is 11.6 Å². The van der Waals surface area contributed by atoms with Crippen LogP contribution in [0.5, 0.6) is 0 Å². The monoisotopic (exact) mass is 584 g/mol. The second-order valence-corrected chi connectivity index (χ2v) is 13.0. The maximum Gasteiger partial charge on any atom is -0.109 e. The third-order valence-electron chi connectivity index (χ3n) is 6.70. The van der Waals surface area contributed by atoms with E-state index in [1.807, 2.05) is 36.4 Å². The van der Waals surface area contributed by atoms with Crippen LogP contribution in [-0.4, -0.2) is 3.71 Å². The standard InChI is InChI=1S/C23H29.C7H5Cl.C5H5.Zr/c1-14-9-16-11-17-10-15(2)21(23(6,7)8)13-19(17)18(16)12-20(14)22(3,4)5;1-6-2-4-7(8)5-3-6;1-2-4-5-3-1;/h9,12-13H,11H2,1-8H3;1-5H;1-3H,4H2;/q-1;;-1;+2. The molecular formula is C35H39ClZr. The van der Waals surface area contributed by atoms with Gasteiger partial charge < -0.3 is 0 Å². The van der Waals surface area contributed by atoms with E-state index in [1.165, 1.54) is 74.3 Å². The van der Waals surface area contributed by atoms with E-state index in [0.29, 0.717) is 0 Å². The van der Waals surface area contributed by atoms with Gasteiger partial charge in [-0.25, -0.2) is 12.2 Å². The third kappa shape index (κ3) is 7.84. The number of rotatable bonds is 1. The van der Waals surface area contributed by atoms with Crippen molar-refractivity contribution in [3.05, 3.63) is 117 Å². The number of hydrogen-bond acceptors (Lipinski definition) is 0. The van der Waals surface area contributed by atoms with Crippen LogP contribution in [0.4, 0.5) is 0 Å². The van der Waals surface area contributed by atoms with Gasteiger partial charge in [0.25, 0.3) is 0 Å². The summed E-state index contributed by atoms with van der Waals surface area (Å²) in [6, 6.07) is 18.8. The van der Waals surface area contributed by atoms with Gasteiger partial charge in [-0.15, -0.1) is 23.1 Å². The molecule has 2 aliphatic rings. The fourth-order valence-corrected chi connectivity index (χ4v) is 5.52. The molecule has 0 bridgehead atoms. The molecule has 37 heavy (non-hydrogen) atoms. The van der Waals surface area contributed by atoms with Gasteiger partial charge in [0, 0.05) is 0 Å². The van der Waals surface area contributed by atoms with Gasteiger partial charge in [-0.3, -0.25) is 6.08 Å². The van der Waals surface area contributed by atoms with Gasteiger partial charge in [0.15, 0.2) is 0 Å². The Balaban J connectivity index is 0.000000221. The minimum Gasteiger partial charge on any atom is -0.273 e. The van der Waals surface area contributed by atoms with Crippen molar-refractivity contribution in [2.24, 2.45) is 0 Å². The van der Waals surface area contributed by atoms with Crippen LogP contribution in [0.15, 0.2) is 60.7 Å². The van der Waals surface area contributed by atoms with Crippen molar-refractivity contribution in [1.82, 2.24) is 0 Å². The van der Waals surface area contributed by atoms with E-state index in [-0.39, 0.29) is 10.8 Å². The van der Waals surface area contributed by atoms with Crippen LogP contribution in [0.3, 0.4) is 0 Å². The molecule has 0 nitrogen and oxygen atoms in total. The van der Waals surface area contributed by atoms with Crippen molar-refractivity contribution in [3.63, 3.8) is 0 Å². The minimum atomic E-state index is 0.163. The first-order valence-electron chi connectivity index (χ1n) is 13.0. The van der Waals surface area contributed by atoms with Crippen molar-refractivity contribution in [3.8, 4) is 11.1 Å². The summed E-state index contributed by atoms with van der Waals surface area (Å²) in [6.45, 7) is 18.2. The summed E-state index contributed by atoms with van der Waals surface area (Å²) in [5.41, 5.74) is 12.9. The van der Waals surface area contributed by atoms with Gasteiger partial charge in [-0.05, 0) is 35.4 Å². The molecule has 3 aromatic rings. The largest absolute Gasteiger partial charge is 0.273 e. The van der Waals surface area contributed by atoms with E-state index in [0.717, 1.165) is 17.9 Å². The summed E-state index contributed by atoms with van der Waals surface area (Å²) in [5, 5.41) is 0.802. The second kappa shape index (κ2) is 12.4. The normalized spacial score (nSPS) is 13.3. The van der Waals surface area contributed by atoms with Gasteiger partial charge in [-0.2, -0.15) is 23.8 Å². The van der Waals surface area contributed by atoms with Gasteiger partial charge in [-0.1, -0.05) is 71.6 Å². The molecule has 0 atom stereocenters. The molecule has 0 aliphatic heterocycles. The SMILES string of the molecule is Cc1[c-]c2c(cc1C(C)(C)C)-c1cc(C(C)(C)C)c(C)cc1C2.Clc1ccc([CH]=[Zr+2])cc1.[C-]1=CC=CC1. The Morgan fingerprint density at radius 2 is 1.49 bits per heavy atom. The molecule has 190 valence electrons. The third-order valence-corrected chi connectivity index (χ3v) is 7.77. The van der Waals surface area contributed by atoms with Crippen molar-refractivity contribution in [2.45, 2.75) is 79.1 Å². The Morgan fingerprint density at radius 3 is 1.97 bits per heavy atom. The topological polar surface area (TPSA) is 0 Å². The second-order valence-electron chi connectivity index (χ2n) is 11.9. The molecule has 3 aromatic carbocycles. The Kier molecular flexibility index (Phi) is 9.93. The first-order chi connectivity index (χ1) is 17.3.